The van der Waals surface area contributed by atoms with Crippen molar-refractivity contribution < 1.29 is 19.1 Å². The molecule has 1 unspecified atom stereocenters. The Hall–Kier alpha value is -3.69. The Kier molecular flexibility index (Phi) is 7.72. The molecule has 0 radical (unpaired) electrons. The molecule has 0 saturated heterocycles. The first-order chi connectivity index (χ1) is 18.6. The Morgan fingerprint density at radius 3 is 2.51 bits per heavy atom. The van der Waals surface area contributed by atoms with E-state index in [9.17, 15) is 9.59 Å². The van der Waals surface area contributed by atoms with Gasteiger partial charge in [-0.1, -0.05) is 19.1 Å². The van der Waals surface area contributed by atoms with Gasteiger partial charge in [0.1, 0.15) is 18.0 Å². The highest BCUT2D eigenvalue weighted by Crippen LogP contribution is 2.30. The van der Waals surface area contributed by atoms with Crippen molar-refractivity contribution in [3.63, 3.8) is 0 Å². The molecular weight excluding hydrogens is 496 g/mol. The highest BCUT2D eigenvalue weighted by atomic mass is 16.6. The van der Waals surface area contributed by atoms with Gasteiger partial charge in [0.2, 0.25) is 11.5 Å². The molecule has 3 aromatic rings. The molecule has 2 aliphatic carbocycles. The molecule has 2 amide bonds. The topological polar surface area (TPSA) is 111 Å². The molecule has 0 spiro atoms. The number of aromatic nitrogens is 4. The summed E-state index contributed by atoms with van der Waals surface area (Å²) in [6.07, 6.45) is 8.24. The number of benzene rings is 1. The average molecular weight is 535 g/mol. The highest BCUT2D eigenvalue weighted by molar-refractivity contribution is 5.94. The van der Waals surface area contributed by atoms with E-state index in [1.807, 2.05) is 45.0 Å². The number of carbonyl (C=O) groups is 2. The molecule has 2 saturated carbocycles. The Bertz CT molecular complexity index is 1310. The number of rotatable bonds is 9. The van der Waals surface area contributed by atoms with E-state index in [1.54, 1.807) is 15.5 Å². The van der Waals surface area contributed by atoms with Crippen LogP contribution in [0.25, 0.3) is 5.65 Å². The molecule has 1 aromatic carbocycles. The fraction of sp³-hybridized carbons (Fsp3) is 0.552. The zero-order valence-electron chi connectivity index (χ0n) is 23.2. The number of amides is 2. The molecule has 1 atom stereocenters. The molecule has 1 N–H and O–H groups in total. The number of carbonyl (C=O) groups excluding carboxylic acids is 2. The van der Waals surface area contributed by atoms with Gasteiger partial charge in [0, 0.05) is 24.2 Å². The molecule has 10 nitrogen and oxygen atoms in total. The maximum atomic E-state index is 13.5. The first-order valence-corrected chi connectivity index (χ1v) is 13.9. The number of nitrogens with zero attached hydrogens (tertiary/aromatic N) is 5. The second-order valence-electron chi connectivity index (χ2n) is 11.8. The standard InChI is InChI=1S/C29H38N6O4/c1-19(15-20-9-11-21(12-10-20)27(36)31-22-13-14-22)17-34(28(37)39-29(2,3)4)24-16-25(38-23-7-5-6-8-23)33-35-18-30-32-26(24)35/h9-12,16,18-19,22-23H,5-8,13-15,17H2,1-4H3,(H,31,36). The second kappa shape index (κ2) is 11.2. The van der Waals surface area contributed by atoms with Crippen molar-refractivity contribution in [1.29, 1.82) is 0 Å². The van der Waals surface area contributed by atoms with Gasteiger partial charge in [0.05, 0.1) is 5.69 Å². The molecule has 2 aromatic heterocycles. The lowest BCUT2D eigenvalue weighted by Crippen LogP contribution is -2.40. The molecule has 39 heavy (non-hydrogen) atoms. The normalized spacial score (nSPS) is 16.7. The lowest BCUT2D eigenvalue weighted by Gasteiger charge is -2.29. The van der Waals surface area contributed by atoms with Gasteiger partial charge < -0.3 is 14.8 Å². The van der Waals surface area contributed by atoms with E-state index in [1.165, 1.54) is 6.33 Å². The van der Waals surface area contributed by atoms with Crippen LogP contribution in [0.15, 0.2) is 36.7 Å². The van der Waals surface area contributed by atoms with Crippen molar-refractivity contribution in [3.8, 4) is 5.88 Å². The summed E-state index contributed by atoms with van der Waals surface area (Å²) in [6, 6.07) is 9.78. The summed E-state index contributed by atoms with van der Waals surface area (Å²) in [4.78, 5) is 27.5. The first-order valence-electron chi connectivity index (χ1n) is 13.9. The van der Waals surface area contributed by atoms with Crippen molar-refractivity contribution in [2.45, 2.75) is 90.4 Å². The number of hydrogen-bond donors (Lipinski definition) is 1. The number of ether oxygens (including phenoxy) is 2. The molecule has 2 aliphatic rings. The van der Waals surface area contributed by atoms with Gasteiger partial charge in [0.25, 0.3) is 5.91 Å². The van der Waals surface area contributed by atoms with Gasteiger partial charge in [-0.2, -0.15) is 4.52 Å². The minimum Gasteiger partial charge on any atom is -0.473 e. The lowest BCUT2D eigenvalue weighted by atomic mass is 9.99. The van der Waals surface area contributed by atoms with E-state index in [0.29, 0.717) is 41.8 Å². The van der Waals surface area contributed by atoms with E-state index in [0.717, 1.165) is 44.1 Å². The third-order valence-electron chi connectivity index (χ3n) is 6.93. The average Bonchev–Trinajstić information content (AvgIpc) is 3.32. The lowest BCUT2D eigenvalue weighted by molar-refractivity contribution is 0.0575. The predicted octanol–water partition coefficient (Wildman–Crippen LogP) is 4.96. The molecule has 208 valence electrons. The number of fused-ring (bicyclic) bond motifs is 1. The van der Waals surface area contributed by atoms with Crippen LogP contribution in [0.2, 0.25) is 0 Å². The van der Waals surface area contributed by atoms with E-state index in [2.05, 4.69) is 27.5 Å². The Balaban J connectivity index is 1.36. The van der Waals surface area contributed by atoms with E-state index in [4.69, 9.17) is 9.47 Å². The molecule has 0 bridgehead atoms. The SMILES string of the molecule is CC(Cc1ccc(C(=O)NC2CC2)cc1)CN(C(=O)OC(C)(C)C)c1cc(OC2CCCC2)nn2cnnc12. The maximum absolute atomic E-state index is 13.5. The van der Waals surface area contributed by atoms with Crippen molar-refractivity contribution in [1.82, 2.24) is 25.1 Å². The Labute approximate surface area is 229 Å². The smallest absolute Gasteiger partial charge is 0.414 e. The van der Waals surface area contributed by atoms with Crippen molar-refractivity contribution in [2.75, 3.05) is 11.4 Å². The maximum Gasteiger partial charge on any atom is 0.414 e. The van der Waals surface area contributed by atoms with Crippen LogP contribution in [0.4, 0.5) is 10.5 Å². The summed E-state index contributed by atoms with van der Waals surface area (Å²) in [5.41, 5.74) is 2.08. The summed E-state index contributed by atoms with van der Waals surface area (Å²) in [7, 11) is 0. The molecular formula is C29H38N6O4. The number of anilines is 1. The Morgan fingerprint density at radius 1 is 1.13 bits per heavy atom. The number of hydrogen-bond acceptors (Lipinski definition) is 7. The summed E-state index contributed by atoms with van der Waals surface area (Å²) >= 11 is 0. The molecule has 2 fully saturated rings. The van der Waals surface area contributed by atoms with E-state index >= 15 is 0 Å². The Morgan fingerprint density at radius 2 is 1.85 bits per heavy atom. The third kappa shape index (κ3) is 7.04. The number of nitrogens with one attached hydrogen (secondary N) is 1. The predicted molar refractivity (Wildman–Crippen MR) is 147 cm³/mol. The second-order valence-corrected chi connectivity index (χ2v) is 11.8. The van der Waals surface area contributed by atoms with Gasteiger partial charge in [-0.3, -0.25) is 9.69 Å². The summed E-state index contributed by atoms with van der Waals surface area (Å²) in [5.74, 6) is 0.475. The van der Waals surface area contributed by atoms with Gasteiger partial charge in [-0.25, -0.2) is 4.79 Å². The van der Waals surface area contributed by atoms with Crippen molar-refractivity contribution in [2.24, 2.45) is 5.92 Å². The summed E-state index contributed by atoms with van der Waals surface area (Å²) in [6.45, 7) is 8.02. The third-order valence-corrected chi connectivity index (χ3v) is 6.93. The molecule has 0 aliphatic heterocycles. The van der Waals surface area contributed by atoms with Gasteiger partial charge in [-0.05, 0) is 89.3 Å². The minimum atomic E-state index is -0.671. The van der Waals surface area contributed by atoms with E-state index in [-0.39, 0.29) is 17.9 Å². The van der Waals surface area contributed by atoms with Gasteiger partial charge in [-0.15, -0.1) is 15.3 Å². The van der Waals surface area contributed by atoms with Crippen LogP contribution in [0.5, 0.6) is 5.88 Å². The zero-order chi connectivity index (χ0) is 27.6. The molecule has 2 heterocycles. The van der Waals surface area contributed by atoms with Crippen LogP contribution in [0.1, 0.15) is 82.1 Å². The van der Waals surface area contributed by atoms with Crippen LogP contribution in [0, 0.1) is 5.92 Å². The minimum absolute atomic E-state index is 0.0289. The fourth-order valence-electron chi connectivity index (χ4n) is 4.88. The monoisotopic (exact) mass is 534 g/mol. The summed E-state index contributed by atoms with van der Waals surface area (Å²) in [5, 5.41) is 15.8. The van der Waals surface area contributed by atoms with Crippen LogP contribution in [0.3, 0.4) is 0 Å². The van der Waals surface area contributed by atoms with E-state index < -0.39 is 11.7 Å². The molecule has 10 heteroatoms. The van der Waals surface area contributed by atoms with Crippen LogP contribution < -0.4 is 15.0 Å². The summed E-state index contributed by atoms with van der Waals surface area (Å²) < 4.78 is 13.5. The zero-order valence-corrected chi connectivity index (χ0v) is 23.2. The van der Waals surface area contributed by atoms with Crippen LogP contribution >= 0.6 is 0 Å². The van der Waals surface area contributed by atoms with Crippen molar-refractivity contribution >= 4 is 23.3 Å². The van der Waals surface area contributed by atoms with Gasteiger partial charge >= 0.3 is 6.09 Å². The quantitative estimate of drug-likeness (QED) is 0.413. The molecule has 5 rings (SSSR count). The fourth-order valence-corrected chi connectivity index (χ4v) is 4.88. The van der Waals surface area contributed by atoms with Crippen molar-refractivity contribution in [3.05, 3.63) is 47.8 Å². The highest BCUT2D eigenvalue weighted by Gasteiger charge is 2.29. The van der Waals surface area contributed by atoms with Gasteiger partial charge in [0.15, 0.2) is 0 Å². The van der Waals surface area contributed by atoms with Crippen LogP contribution in [-0.2, 0) is 11.2 Å². The largest absolute Gasteiger partial charge is 0.473 e. The first kappa shape index (κ1) is 26.9. The van der Waals surface area contributed by atoms with Crippen LogP contribution in [-0.4, -0.2) is 56.1 Å².